The zero-order valence-electron chi connectivity index (χ0n) is 18.6. The Morgan fingerprint density at radius 3 is 1.97 bits per heavy atom. The summed E-state index contributed by atoms with van der Waals surface area (Å²) >= 11 is 0. The van der Waals surface area contributed by atoms with Crippen LogP contribution in [0.5, 0.6) is 0 Å². The summed E-state index contributed by atoms with van der Waals surface area (Å²) in [4.78, 5) is 0. The van der Waals surface area contributed by atoms with Gasteiger partial charge in [-0.1, -0.05) is 84.9 Å². The van der Waals surface area contributed by atoms with Crippen molar-refractivity contribution in [2.24, 2.45) is 0 Å². The van der Waals surface area contributed by atoms with Crippen LogP contribution < -0.4 is 5.46 Å². The van der Waals surface area contributed by atoms with Crippen LogP contribution in [0.4, 0.5) is 0 Å². The molecule has 4 aromatic rings. The van der Waals surface area contributed by atoms with Gasteiger partial charge in [0.2, 0.25) is 0 Å². The molecule has 4 aromatic carbocycles. The second-order valence-corrected chi connectivity index (χ2v) is 9.32. The van der Waals surface area contributed by atoms with E-state index in [2.05, 4.69) is 119 Å². The Balaban J connectivity index is 1.52. The second-order valence-electron chi connectivity index (χ2n) is 9.32. The van der Waals surface area contributed by atoms with E-state index in [1.54, 1.807) is 0 Å². The maximum Gasteiger partial charge on any atom is 0.494 e. The maximum absolute atomic E-state index is 6.25. The minimum Gasteiger partial charge on any atom is -0.399 e. The fraction of sp³-hybridized carbons (Fsp3) is 0.214. The van der Waals surface area contributed by atoms with Crippen LogP contribution >= 0.6 is 0 Å². The number of hydrogen-bond donors (Lipinski definition) is 0. The molecule has 1 saturated heterocycles. The van der Waals surface area contributed by atoms with E-state index in [4.69, 9.17) is 9.31 Å². The fourth-order valence-electron chi connectivity index (χ4n) is 4.18. The van der Waals surface area contributed by atoms with Crippen LogP contribution in [0, 0.1) is 0 Å². The molecule has 1 heterocycles. The third-order valence-electron chi connectivity index (χ3n) is 6.71. The number of hydrogen-bond acceptors (Lipinski definition) is 2. The van der Waals surface area contributed by atoms with Crippen LogP contribution in [0.25, 0.3) is 33.0 Å². The minimum atomic E-state index is -0.352. The van der Waals surface area contributed by atoms with Gasteiger partial charge >= 0.3 is 7.12 Å². The van der Waals surface area contributed by atoms with Crippen LogP contribution in [0.15, 0.2) is 91.0 Å². The van der Waals surface area contributed by atoms with Gasteiger partial charge in [-0.2, -0.15) is 0 Å². The smallest absolute Gasteiger partial charge is 0.399 e. The summed E-state index contributed by atoms with van der Waals surface area (Å²) in [6.45, 7) is 8.35. The molecule has 0 bridgehead atoms. The predicted molar refractivity (Wildman–Crippen MR) is 131 cm³/mol. The monoisotopic (exact) mass is 406 g/mol. The Hall–Kier alpha value is -2.88. The highest BCUT2D eigenvalue weighted by Crippen LogP contribution is 2.37. The lowest BCUT2D eigenvalue weighted by molar-refractivity contribution is 0.00578. The summed E-state index contributed by atoms with van der Waals surface area (Å²) in [6.07, 6.45) is 0. The molecule has 3 heteroatoms. The van der Waals surface area contributed by atoms with Crippen LogP contribution in [-0.4, -0.2) is 18.3 Å². The van der Waals surface area contributed by atoms with Gasteiger partial charge in [-0.25, -0.2) is 0 Å². The van der Waals surface area contributed by atoms with Gasteiger partial charge < -0.3 is 9.31 Å². The number of fused-ring (bicyclic) bond motifs is 1. The van der Waals surface area contributed by atoms with Crippen molar-refractivity contribution in [1.82, 2.24) is 0 Å². The highest BCUT2D eigenvalue weighted by molar-refractivity contribution is 6.62. The van der Waals surface area contributed by atoms with E-state index in [-0.39, 0.29) is 18.3 Å². The van der Waals surface area contributed by atoms with E-state index in [9.17, 15) is 0 Å². The molecule has 1 aliphatic heterocycles. The summed E-state index contributed by atoms with van der Waals surface area (Å²) in [5, 5.41) is 2.50. The molecule has 154 valence electrons. The maximum atomic E-state index is 6.25. The zero-order chi connectivity index (χ0) is 21.6. The first-order valence-corrected chi connectivity index (χ1v) is 10.9. The van der Waals surface area contributed by atoms with Crippen LogP contribution in [-0.2, 0) is 9.31 Å². The third-order valence-corrected chi connectivity index (χ3v) is 6.71. The lowest BCUT2D eigenvalue weighted by Crippen LogP contribution is -2.41. The van der Waals surface area contributed by atoms with Gasteiger partial charge in [0.15, 0.2) is 0 Å². The van der Waals surface area contributed by atoms with Gasteiger partial charge in [-0.15, -0.1) is 0 Å². The van der Waals surface area contributed by atoms with E-state index in [0.29, 0.717) is 0 Å². The highest BCUT2D eigenvalue weighted by atomic mass is 16.7. The Bertz CT molecular complexity index is 1230. The van der Waals surface area contributed by atoms with Crippen molar-refractivity contribution in [1.29, 1.82) is 0 Å². The molecular weight excluding hydrogens is 379 g/mol. The first kappa shape index (κ1) is 20.1. The van der Waals surface area contributed by atoms with Crippen LogP contribution in [0.1, 0.15) is 27.7 Å². The number of rotatable bonds is 3. The van der Waals surface area contributed by atoms with Crippen molar-refractivity contribution in [2.75, 3.05) is 0 Å². The summed E-state index contributed by atoms with van der Waals surface area (Å²) in [6, 6.07) is 32.3. The topological polar surface area (TPSA) is 18.5 Å². The van der Waals surface area contributed by atoms with Gasteiger partial charge in [0.1, 0.15) is 0 Å². The van der Waals surface area contributed by atoms with E-state index >= 15 is 0 Å². The summed E-state index contributed by atoms with van der Waals surface area (Å²) in [5.74, 6) is 0. The Kier molecular flexibility index (Phi) is 4.77. The van der Waals surface area contributed by atoms with E-state index in [0.717, 1.165) is 5.46 Å². The quantitative estimate of drug-likeness (QED) is 0.363. The third kappa shape index (κ3) is 3.58. The van der Waals surface area contributed by atoms with Crippen LogP contribution in [0.2, 0.25) is 0 Å². The van der Waals surface area contributed by atoms with Crippen molar-refractivity contribution in [2.45, 2.75) is 38.9 Å². The molecule has 0 saturated carbocycles. The van der Waals surface area contributed by atoms with E-state index in [1.807, 2.05) is 0 Å². The minimum absolute atomic E-state index is 0.343. The molecule has 0 aromatic heterocycles. The average molecular weight is 406 g/mol. The molecule has 0 atom stereocenters. The zero-order valence-corrected chi connectivity index (χ0v) is 18.6. The molecule has 0 N–H and O–H groups in total. The van der Waals surface area contributed by atoms with Gasteiger partial charge in [0.25, 0.3) is 0 Å². The van der Waals surface area contributed by atoms with E-state index < -0.39 is 0 Å². The van der Waals surface area contributed by atoms with Gasteiger partial charge in [-0.05, 0) is 72.3 Å². The average Bonchev–Trinajstić information content (AvgIpc) is 3.00. The fourth-order valence-corrected chi connectivity index (χ4v) is 4.18. The molecular formula is C28H27BO2. The molecule has 31 heavy (non-hydrogen) atoms. The molecule has 0 amide bonds. The highest BCUT2D eigenvalue weighted by Gasteiger charge is 2.51. The first-order chi connectivity index (χ1) is 14.8. The molecule has 5 rings (SSSR count). The Morgan fingerprint density at radius 1 is 0.581 bits per heavy atom. The van der Waals surface area contributed by atoms with Crippen molar-refractivity contribution in [3.05, 3.63) is 91.0 Å². The largest absolute Gasteiger partial charge is 0.494 e. The normalized spacial score (nSPS) is 17.2. The summed E-state index contributed by atoms with van der Waals surface area (Å²) < 4.78 is 12.5. The van der Waals surface area contributed by atoms with Crippen LogP contribution in [0.3, 0.4) is 0 Å². The standard InChI is InChI=1S/C28H27BO2/c1-27(2)28(3,4)31-29(30-27)24-14-8-12-21(19-24)22-16-17-26-23(18-22)13-9-15-25(26)20-10-6-5-7-11-20/h5-19H,1-4H3. The van der Waals surface area contributed by atoms with Gasteiger partial charge in [0, 0.05) is 0 Å². The molecule has 1 aliphatic rings. The first-order valence-electron chi connectivity index (χ1n) is 10.9. The molecule has 1 fully saturated rings. The van der Waals surface area contributed by atoms with Crippen molar-refractivity contribution in [3.63, 3.8) is 0 Å². The molecule has 0 unspecified atom stereocenters. The van der Waals surface area contributed by atoms with Crippen molar-refractivity contribution >= 4 is 23.4 Å². The Labute approximate surface area is 185 Å². The summed E-state index contributed by atoms with van der Waals surface area (Å²) in [5.41, 5.74) is 5.22. The van der Waals surface area contributed by atoms with E-state index in [1.165, 1.54) is 33.0 Å². The van der Waals surface area contributed by atoms with Gasteiger partial charge in [0.05, 0.1) is 11.2 Å². The lowest BCUT2D eigenvalue weighted by Gasteiger charge is -2.32. The molecule has 0 spiro atoms. The number of benzene rings is 4. The second kappa shape index (κ2) is 7.37. The van der Waals surface area contributed by atoms with Gasteiger partial charge in [-0.3, -0.25) is 0 Å². The predicted octanol–water partition coefficient (Wildman–Crippen LogP) is 6.47. The van der Waals surface area contributed by atoms with Crippen molar-refractivity contribution in [3.8, 4) is 22.3 Å². The molecule has 0 aliphatic carbocycles. The Morgan fingerprint density at radius 2 is 1.23 bits per heavy atom. The van der Waals surface area contributed by atoms with Crippen molar-refractivity contribution < 1.29 is 9.31 Å². The lowest BCUT2D eigenvalue weighted by atomic mass is 9.78. The molecule has 0 radical (unpaired) electrons. The molecule has 2 nitrogen and oxygen atoms in total. The summed E-state index contributed by atoms with van der Waals surface area (Å²) in [7, 11) is -0.352. The SMILES string of the molecule is CC1(C)OB(c2cccc(-c3ccc4c(-c5ccccc5)cccc4c3)c2)OC1(C)C.